The molecule has 19 heavy (non-hydrogen) atoms. The molecule has 0 saturated heterocycles. The fourth-order valence-electron chi connectivity index (χ4n) is 2.13. The van der Waals surface area contributed by atoms with Crippen LogP contribution in [0.25, 0.3) is 0 Å². The standard InChI is InChI=1S/C12H20N6S/c1-3-5-9-12(19-17-16-9)11(15-13)10-6-7-14-18(10)8-4-2/h6-7,11,15H,3-5,8,13H2,1-2H3. The zero-order valence-corrected chi connectivity index (χ0v) is 12.2. The number of hydrazine groups is 1. The molecule has 0 aliphatic carbocycles. The maximum absolute atomic E-state index is 5.75. The van der Waals surface area contributed by atoms with Crippen molar-refractivity contribution in [2.45, 2.75) is 45.7 Å². The van der Waals surface area contributed by atoms with Crippen LogP contribution < -0.4 is 11.3 Å². The van der Waals surface area contributed by atoms with Gasteiger partial charge in [-0.05, 0) is 30.4 Å². The Morgan fingerprint density at radius 3 is 2.95 bits per heavy atom. The molecule has 7 heteroatoms. The van der Waals surface area contributed by atoms with Crippen molar-refractivity contribution in [3.63, 3.8) is 0 Å². The van der Waals surface area contributed by atoms with Crippen LogP contribution in [0.3, 0.4) is 0 Å². The van der Waals surface area contributed by atoms with Crippen molar-refractivity contribution in [3.05, 3.63) is 28.5 Å². The minimum Gasteiger partial charge on any atom is -0.270 e. The molecule has 2 rings (SSSR count). The summed E-state index contributed by atoms with van der Waals surface area (Å²) in [5, 5.41) is 8.55. The fourth-order valence-corrected chi connectivity index (χ4v) is 2.90. The number of nitrogens with two attached hydrogens (primary N) is 1. The Labute approximate surface area is 117 Å². The second-order valence-electron chi connectivity index (χ2n) is 4.41. The molecule has 0 aromatic carbocycles. The van der Waals surface area contributed by atoms with Crippen molar-refractivity contribution in [1.29, 1.82) is 0 Å². The summed E-state index contributed by atoms with van der Waals surface area (Å²) in [5.74, 6) is 5.75. The highest BCUT2D eigenvalue weighted by Gasteiger charge is 2.22. The van der Waals surface area contributed by atoms with E-state index in [9.17, 15) is 0 Å². The molecule has 2 aromatic heterocycles. The normalized spacial score (nSPS) is 12.8. The molecular weight excluding hydrogens is 260 g/mol. The fraction of sp³-hybridized carbons (Fsp3) is 0.583. The zero-order valence-electron chi connectivity index (χ0n) is 11.3. The molecule has 0 saturated carbocycles. The van der Waals surface area contributed by atoms with E-state index in [1.807, 2.05) is 16.9 Å². The number of hydrogen-bond donors (Lipinski definition) is 2. The van der Waals surface area contributed by atoms with Gasteiger partial charge in [0.15, 0.2) is 0 Å². The molecule has 104 valence electrons. The minimum absolute atomic E-state index is 0.0874. The van der Waals surface area contributed by atoms with Crippen LogP contribution in [0.2, 0.25) is 0 Å². The first-order chi connectivity index (χ1) is 9.31. The van der Waals surface area contributed by atoms with Crippen molar-refractivity contribution in [3.8, 4) is 0 Å². The van der Waals surface area contributed by atoms with E-state index in [1.165, 1.54) is 11.5 Å². The van der Waals surface area contributed by atoms with E-state index in [-0.39, 0.29) is 6.04 Å². The molecule has 3 N–H and O–H groups in total. The maximum atomic E-state index is 5.75. The smallest absolute Gasteiger partial charge is 0.100 e. The van der Waals surface area contributed by atoms with Crippen molar-refractivity contribution < 1.29 is 0 Å². The molecule has 0 amide bonds. The number of aromatic nitrogens is 4. The first kappa shape index (κ1) is 14.1. The van der Waals surface area contributed by atoms with E-state index in [2.05, 4.69) is 34.0 Å². The van der Waals surface area contributed by atoms with E-state index < -0.39 is 0 Å². The zero-order chi connectivity index (χ0) is 13.7. The second kappa shape index (κ2) is 6.74. The summed E-state index contributed by atoms with van der Waals surface area (Å²) in [6.07, 6.45) is 4.81. The molecule has 6 nitrogen and oxygen atoms in total. The highest BCUT2D eigenvalue weighted by molar-refractivity contribution is 7.05. The second-order valence-corrected chi connectivity index (χ2v) is 5.20. The molecule has 0 fully saturated rings. The van der Waals surface area contributed by atoms with E-state index in [0.29, 0.717) is 0 Å². The summed E-state index contributed by atoms with van der Waals surface area (Å²) in [6, 6.07) is 1.91. The van der Waals surface area contributed by atoms with Gasteiger partial charge >= 0.3 is 0 Å². The lowest BCUT2D eigenvalue weighted by Crippen LogP contribution is -2.31. The van der Waals surface area contributed by atoms with Crippen LogP contribution >= 0.6 is 11.5 Å². The summed E-state index contributed by atoms with van der Waals surface area (Å²) in [5.41, 5.74) is 4.96. The Kier molecular flexibility index (Phi) is 5.00. The molecule has 1 unspecified atom stereocenters. The molecule has 0 bridgehead atoms. The molecule has 0 spiro atoms. The van der Waals surface area contributed by atoms with Crippen LogP contribution in [0.5, 0.6) is 0 Å². The summed E-state index contributed by atoms with van der Waals surface area (Å²) >= 11 is 1.40. The molecule has 2 aromatic rings. The monoisotopic (exact) mass is 280 g/mol. The summed E-state index contributed by atoms with van der Waals surface area (Å²) in [4.78, 5) is 1.09. The Morgan fingerprint density at radius 1 is 1.42 bits per heavy atom. The predicted molar refractivity (Wildman–Crippen MR) is 75.6 cm³/mol. The topological polar surface area (TPSA) is 81.7 Å². The minimum atomic E-state index is -0.0874. The lowest BCUT2D eigenvalue weighted by atomic mass is 10.1. The van der Waals surface area contributed by atoms with E-state index >= 15 is 0 Å². The van der Waals surface area contributed by atoms with Crippen LogP contribution in [0.15, 0.2) is 12.3 Å². The van der Waals surface area contributed by atoms with Gasteiger partial charge in [-0.2, -0.15) is 5.10 Å². The van der Waals surface area contributed by atoms with E-state index in [0.717, 1.165) is 42.1 Å². The van der Waals surface area contributed by atoms with Gasteiger partial charge in [-0.1, -0.05) is 24.8 Å². The highest BCUT2D eigenvalue weighted by atomic mass is 32.1. The SMILES string of the molecule is CCCc1nnsc1C(NN)c1ccnn1CCC. The quantitative estimate of drug-likeness (QED) is 0.595. The first-order valence-electron chi connectivity index (χ1n) is 6.60. The molecule has 1 atom stereocenters. The molecule has 0 radical (unpaired) electrons. The third-order valence-electron chi connectivity index (χ3n) is 2.98. The van der Waals surface area contributed by atoms with Gasteiger partial charge in [0.2, 0.25) is 0 Å². The summed E-state index contributed by atoms with van der Waals surface area (Å²) in [7, 11) is 0. The number of nitrogens with zero attached hydrogens (tertiary/aromatic N) is 4. The Morgan fingerprint density at radius 2 is 2.26 bits per heavy atom. The van der Waals surface area contributed by atoms with Gasteiger partial charge in [0, 0.05) is 12.7 Å². The van der Waals surface area contributed by atoms with Gasteiger partial charge in [0.05, 0.1) is 16.3 Å². The van der Waals surface area contributed by atoms with Crippen molar-refractivity contribution in [2.24, 2.45) is 5.84 Å². The molecular formula is C12H20N6S. The summed E-state index contributed by atoms with van der Waals surface area (Å²) in [6.45, 7) is 5.15. The third kappa shape index (κ3) is 2.99. The van der Waals surface area contributed by atoms with Crippen molar-refractivity contribution >= 4 is 11.5 Å². The van der Waals surface area contributed by atoms with Crippen LogP contribution in [-0.4, -0.2) is 19.4 Å². The third-order valence-corrected chi connectivity index (χ3v) is 3.81. The lowest BCUT2D eigenvalue weighted by Gasteiger charge is -2.16. The first-order valence-corrected chi connectivity index (χ1v) is 7.38. The Balaban J connectivity index is 2.33. The largest absolute Gasteiger partial charge is 0.270 e. The van der Waals surface area contributed by atoms with Gasteiger partial charge in [-0.15, -0.1) is 5.10 Å². The van der Waals surface area contributed by atoms with Crippen LogP contribution in [0.1, 0.15) is 49.0 Å². The van der Waals surface area contributed by atoms with Gasteiger partial charge in [0.25, 0.3) is 0 Å². The lowest BCUT2D eigenvalue weighted by molar-refractivity contribution is 0.522. The van der Waals surface area contributed by atoms with Crippen molar-refractivity contribution in [2.75, 3.05) is 0 Å². The maximum Gasteiger partial charge on any atom is 0.100 e. The van der Waals surface area contributed by atoms with Gasteiger partial charge in [-0.3, -0.25) is 10.5 Å². The average molecular weight is 280 g/mol. The van der Waals surface area contributed by atoms with Crippen LogP contribution in [0, 0.1) is 0 Å². The predicted octanol–water partition coefficient (Wildman–Crippen LogP) is 1.65. The molecule has 0 aliphatic rings. The van der Waals surface area contributed by atoms with E-state index in [4.69, 9.17) is 5.84 Å². The molecule has 2 heterocycles. The molecule has 0 aliphatic heterocycles. The number of rotatable bonds is 7. The Hall–Kier alpha value is -1.31. The van der Waals surface area contributed by atoms with Crippen molar-refractivity contribution in [1.82, 2.24) is 24.8 Å². The number of aryl methyl sites for hydroxylation is 2. The van der Waals surface area contributed by atoms with Crippen LogP contribution in [0.4, 0.5) is 0 Å². The van der Waals surface area contributed by atoms with E-state index in [1.54, 1.807) is 0 Å². The number of hydrogen-bond acceptors (Lipinski definition) is 6. The summed E-state index contributed by atoms with van der Waals surface area (Å²) < 4.78 is 6.05. The average Bonchev–Trinajstić information content (AvgIpc) is 3.03. The Bertz CT molecular complexity index is 462. The van der Waals surface area contributed by atoms with Gasteiger partial charge in [0.1, 0.15) is 6.04 Å². The van der Waals surface area contributed by atoms with Gasteiger partial charge in [-0.25, -0.2) is 5.43 Å². The highest BCUT2D eigenvalue weighted by Crippen LogP contribution is 2.27. The van der Waals surface area contributed by atoms with Gasteiger partial charge < -0.3 is 0 Å². The van der Waals surface area contributed by atoms with Crippen LogP contribution in [-0.2, 0) is 13.0 Å². The number of nitrogens with one attached hydrogen (secondary N) is 1.